The largest absolute Gasteiger partial charge is 0.376 e. The van der Waals surface area contributed by atoms with Crippen molar-refractivity contribution in [2.45, 2.75) is 18.9 Å². The van der Waals surface area contributed by atoms with Gasteiger partial charge in [0.2, 0.25) is 0 Å². The third-order valence-corrected chi connectivity index (χ3v) is 2.96. The Balaban J connectivity index is 1.98. The minimum atomic E-state index is -0.730. The summed E-state index contributed by atoms with van der Waals surface area (Å²) in [6.45, 7) is 1.03. The molecular formula is C9H11ClN4O4. The highest BCUT2D eigenvalue weighted by Gasteiger charge is 2.26. The van der Waals surface area contributed by atoms with E-state index in [1.807, 2.05) is 0 Å². The topological polar surface area (TPSA) is 110 Å². The highest BCUT2D eigenvalue weighted by molar-refractivity contribution is 6.35. The number of ether oxygens (including phenoxy) is 1. The van der Waals surface area contributed by atoms with Crippen LogP contribution >= 0.6 is 11.6 Å². The number of carbonyl (C=O) groups excluding carboxylic acids is 1. The van der Waals surface area contributed by atoms with Gasteiger partial charge in [-0.25, -0.2) is 0 Å². The van der Waals surface area contributed by atoms with Gasteiger partial charge in [0.1, 0.15) is 0 Å². The number of nitro groups is 1. The average Bonchev–Trinajstić information content (AvgIpc) is 2.94. The van der Waals surface area contributed by atoms with E-state index in [0.717, 1.165) is 12.8 Å². The number of aromatic nitrogens is 2. The number of carbonyl (C=O) groups is 1. The lowest BCUT2D eigenvalue weighted by Crippen LogP contribution is -2.32. The lowest BCUT2D eigenvalue weighted by Gasteiger charge is -2.09. The molecule has 1 aromatic rings. The number of nitrogens with one attached hydrogen (secondary N) is 2. The Kier molecular flexibility index (Phi) is 3.78. The molecule has 1 aromatic heterocycles. The van der Waals surface area contributed by atoms with E-state index in [9.17, 15) is 14.9 Å². The van der Waals surface area contributed by atoms with E-state index in [-0.39, 0.29) is 16.8 Å². The maximum absolute atomic E-state index is 11.7. The summed E-state index contributed by atoms with van der Waals surface area (Å²) in [6.07, 6.45) is 1.84. The van der Waals surface area contributed by atoms with Gasteiger partial charge in [0.15, 0.2) is 10.7 Å². The second-order valence-corrected chi connectivity index (χ2v) is 4.21. The molecule has 8 nitrogen and oxygen atoms in total. The Morgan fingerprint density at radius 2 is 2.50 bits per heavy atom. The van der Waals surface area contributed by atoms with Crippen LogP contribution in [0.2, 0.25) is 5.02 Å². The molecule has 1 atom stereocenters. The number of rotatable bonds is 4. The van der Waals surface area contributed by atoms with Crippen LogP contribution in [0.15, 0.2) is 0 Å². The number of amides is 1. The van der Waals surface area contributed by atoms with Crippen molar-refractivity contribution in [2.24, 2.45) is 0 Å². The first kappa shape index (κ1) is 12.8. The number of aromatic amines is 1. The highest BCUT2D eigenvalue weighted by atomic mass is 35.5. The van der Waals surface area contributed by atoms with Gasteiger partial charge in [-0.15, -0.1) is 5.10 Å². The zero-order chi connectivity index (χ0) is 13.1. The van der Waals surface area contributed by atoms with Crippen LogP contribution < -0.4 is 5.32 Å². The molecule has 0 bridgehead atoms. The van der Waals surface area contributed by atoms with Crippen LogP contribution in [-0.4, -0.2) is 40.3 Å². The molecule has 1 unspecified atom stereocenters. The van der Waals surface area contributed by atoms with Gasteiger partial charge < -0.3 is 20.2 Å². The van der Waals surface area contributed by atoms with Crippen molar-refractivity contribution in [3.63, 3.8) is 0 Å². The molecule has 1 aliphatic rings. The summed E-state index contributed by atoms with van der Waals surface area (Å²) in [7, 11) is 0. The fourth-order valence-corrected chi connectivity index (χ4v) is 1.93. The second kappa shape index (κ2) is 5.32. The van der Waals surface area contributed by atoms with Crippen molar-refractivity contribution in [1.29, 1.82) is 0 Å². The van der Waals surface area contributed by atoms with Crippen LogP contribution in [0.5, 0.6) is 0 Å². The first-order chi connectivity index (χ1) is 8.59. The van der Waals surface area contributed by atoms with Crippen LogP contribution in [0.3, 0.4) is 0 Å². The molecule has 0 spiro atoms. The molecule has 1 saturated heterocycles. The number of hydrogen-bond acceptors (Lipinski definition) is 5. The van der Waals surface area contributed by atoms with Crippen LogP contribution in [0.1, 0.15) is 23.3 Å². The Labute approximate surface area is 107 Å². The molecule has 0 saturated carbocycles. The normalized spacial score (nSPS) is 18.8. The predicted octanol–water partition coefficient (Wildman–Crippen LogP) is 0.880. The fourth-order valence-electron chi connectivity index (χ4n) is 1.69. The molecule has 1 amide bonds. The molecule has 2 heterocycles. The molecule has 9 heteroatoms. The number of hydrogen-bond donors (Lipinski definition) is 2. The van der Waals surface area contributed by atoms with Crippen molar-refractivity contribution in [3.05, 3.63) is 20.8 Å². The molecule has 0 aromatic carbocycles. The highest BCUT2D eigenvalue weighted by Crippen LogP contribution is 2.24. The van der Waals surface area contributed by atoms with Gasteiger partial charge >= 0.3 is 5.82 Å². The summed E-state index contributed by atoms with van der Waals surface area (Å²) in [4.78, 5) is 21.5. The minimum Gasteiger partial charge on any atom is -0.376 e. The lowest BCUT2D eigenvalue weighted by atomic mass is 10.2. The van der Waals surface area contributed by atoms with E-state index >= 15 is 0 Å². The van der Waals surface area contributed by atoms with Crippen LogP contribution in [0.4, 0.5) is 5.82 Å². The minimum absolute atomic E-state index is 0.0124. The third kappa shape index (κ3) is 2.59. The Bertz CT molecular complexity index is 469. The van der Waals surface area contributed by atoms with Gasteiger partial charge in [-0.2, -0.15) is 0 Å². The average molecular weight is 275 g/mol. The zero-order valence-electron chi connectivity index (χ0n) is 9.31. The molecule has 0 radical (unpaired) electrons. The first-order valence-electron chi connectivity index (χ1n) is 5.37. The molecule has 1 fully saturated rings. The van der Waals surface area contributed by atoms with Crippen molar-refractivity contribution in [1.82, 2.24) is 15.5 Å². The van der Waals surface area contributed by atoms with E-state index in [4.69, 9.17) is 16.3 Å². The second-order valence-electron chi connectivity index (χ2n) is 3.84. The van der Waals surface area contributed by atoms with E-state index in [1.54, 1.807) is 0 Å². The van der Waals surface area contributed by atoms with Crippen molar-refractivity contribution < 1.29 is 14.5 Å². The molecule has 2 N–H and O–H groups in total. The monoisotopic (exact) mass is 274 g/mol. The Morgan fingerprint density at radius 1 is 1.72 bits per heavy atom. The van der Waals surface area contributed by atoms with Crippen molar-refractivity contribution in [2.75, 3.05) is 13.2 Å². The fraction of sp³-hybridized carbons (Fsp3) is 0.556. The van der Waals surface area contributed by atoms with Crippen LogP contribution in [0.25, 0.3) is 0 Å². The van der Waals surface area contributed by atoms with Gasteiger partial charge in [-0.3, -0.25) is 4.79 Å². The molecule has 98 valence electrons. The van der Waals surface area contributed by atoms with Crippen LogP contribution in [0, 0.1) is 10.1 Å². The van der Waals surface area contributed by atoms with E-state index in [2.05, 4.69) is 15.5 Å². The van der Waals surface area contributed by atoms with Gasteiger partial charge in [0, 0.05) is 13.2 Å². The Morgan fingerprint density at radius 3 is 3.06 bits per heavy atom. The van der Waals surface area contributed by atoms with Gasteiger partial charge in [0.25, 0.3) is 5.91 Å². The van der Waals surface area contributed by atoms with E-state index in [1.165, 1.54) is 0 Å². The predicted molar refractivity (Wildman–Crippen MR) is 61.6 cm³/mol. The molecular weight excluding hydrogens is 264 g/mol. The zero-order valence-corrected chi connectivity index (χ0v) is 10.1. The summed E-state index contributed by atoms with van der Waals surface area (Å²) in [6, 6.07) is 0. The number of halogens is 1. The number of nitrogens with zero attached hydrogens (tertiary/aromatic N) is 2. The van der Waals surface area contributed by atoms with E-state index < -0.39 is 16.6 Å². The van der Waals surface area contributed by atoms with Gasteiger partial charge in [0.05, 0.1) is 6.10 Å². The summed E-state index contributed by atoms with van der Waals surface area (Å²) in [5.74, 6) is -1.04. The maximum atomic E-state index is 11.7. The SMILES string of the molecule is O=C(NCC1CCCO1)c1n[nH]c([N+](=O)[O-])c1Cl. The summed E-state index contributed by atoms with van der Waals surface area (Å²) < 4.78 is 5.33. The van der Waals surface area contributed by atoms with Gasteiger partial charge in [-0.1, -0.05) is 16.7 Å². The summed E-state index contributed by atoms with van der Waals surface area (Å²) in [5.41, 5.74) is -0.179. The quantitative estimate of drug-likeness (QED) is 0.625. The summed E-state index contributed by atoms with van der Waals surface area (Å²) >= 11 is 5.68. The van der Waals surface area contributed by atoms with Crippen LogP contribution in [-0.2, 0) is 4.74 Å². The van der Waals surface area contributed by atoms with E-state index in [0.29, 0.717) is 13.2 Å². The number of H-pyrrole nitrogens is 1. The maximum Gasteiger partial charge on any atom is 0.362 e. The molecule has 0 aliphatic carbocycles. The molecule has 2 rings (SSSR count). The van der Waals surface area contributed by atoms with Crippen molar-refractivity contribution in [3.8, 4) is 0 Å². The third-order valence-electron chi connectivity index (χ3n) is 2.60. The Hall–Kier alpha value is -1.67. The lowest BCUT2D eigenvalue weighted by molar-refractivity contribution is -0.389. The standard InChI is InChI=1S/C9H11ClN4O4/c10-6-7(12-13-8(6)14(16)17)9(15)11-4-5-2-1-3-18-5/h5H,1-4H2,(H,11,15)(H,12,13). The smallest absolute Gasteiger partial charge is 0.362 e. The molecule has 1 aliphatic heterocycles. The first-order valence-corrected chi connectivity index (χ1v) is 5.75. The van der Waals surface area contributed by atoms with Gasteiger partial charge in [-0.05, 0) is 17.8 Å². The molecule has 18 heavy (non-hydrogen) atoms. The van der Waals surface area contributed by atoms with Crippen molar-refractivity contribution >= 4 is 23.3 Å². The summed E-state index contributed by atoms with van der Waals surface area (Å²) in [5, 5.41) is 18.5.